The molecule has 5 nitrogen and oxygen atoms in total. The van der Waals surface area contributed by atoms with Crippen molar-refractivity contribution in [1.82, 2.24) is 9.78 Å². The monoisotopic (exact) mass is 349 g/mol. The Hall–Kier alpha value is -3.16. The summed E-state index contributed by atoms with van der Waals surface area (Å²) in [5.74, 6) is 0.438. The highest BCUT2D eigenvalue weighted by Gasteiger charge is 2.31. The molecule has 0 saturated heterocycles. The van der Waals surface area contributed by atoms with Crippen LogP contribution in [-0.4, -0.2) is 16.1 Å². The molecule has 25 heavy (non-hydrogen) atoms. The van der Waals surface area contributed by atoms with Gasteiger partial charge in [-0.25, -0.2) is 4.68 Å². The summed E-state index contributed by atoms with van der Waals surface area (Å²) >= 11 is 0. The number of nitrogens with two attached hydrogens (primary N) is 1. The van der Waals surface area contributed by atoms with Crippen LogP contribution in [0.1, 0.15) is 5.69 Å². The predicted octanol–water partition coefficient (Wildman–Crippen LogP) is 4.45. The van der Waals surface area contributed by atoms with E-state index in [1.807, 2.05) is 13.0 Å². The van der Waals surface area contributed by atoms with Crippen LogP contribution in [0, 0.1) is 6.92 Å². The Kier molecular flexibility index (Phi) is 4.26. The number of benzene rings is 2. The van der Waals surface area contributed by atoms with Crippen LogP contribution in [0.15, 0.2) is 54.7 Å². The number of aryl methyl sites for hydroxylation is 1. The largest absolute Gasteiger partial charge is 0.573 e. The van der Waals surface area contributed by atoms with Gasteiger partial charge < -0.3 is 15.2 Å². The summed E-state index contributed by atoms with van der Waals surface area (Å²) in [6.07, 6.45) is -2.96. The average molecular weight is 349 g/mol. The summed E-state index contributed by atoms with van der Waals surface area (Å²) in [4.78, 5) is 0. The topological polar surface area (TPSA) is 62.3 Å². The van der Waals surface area contributed by atoms with Gasteiger partial charge in [0.2, 0.25) is 0 Å². The number of alkyl halides is 3. The van der Waals surface area contributed by atoms with Gasteiger partial charge in [0, 0.05) is 18.0 Å². The molecule has 0 saturated carbocycles. The molecule has 2 N–H and O–H groups in total. The number of hydrogen-bond donors (Lipinski definition) is 1. The van der Waals surface area contributed by atoms with E-state index < -0.39 is 6.36 Å². The van der Waals surface area contributed by atoms with Crippen molar-refractivity contribution >= 4 is 5.69 Å². The van der Waals surface area contributed by atoms with Gasteiger partial charge in [-0.1, -0.05) is 0 Å². The molecule has 1 heterocycles. The molecular formula is C17H14F3N3O2. The average Bonchev–Trinajstić information content (AvgIpc) is 2.94. The summed E-state index contributed by atoms with van der Waals surface area (Å²) in [7, 11) is 0. The summed E-state index contributed by atoms with van der Waals surface area (Å²) in [6.45, 7) is 1.85. The molecule has 0 aliphatic carbocycles. The van der Waals surface area contributed by atoms with Crippen molar-refractivity contribution in [2.45, 2.75) is 13.3 Å². The van der Waals surface area contributed by atoms with Crippen LogP contribution < -0.4 is 15.2 Å². The maximum absolute atomic E-state index is 12.2. The van der Waals surface area contributed by atoms with Crippen molar-refractivity contribution in [3.05, 3.63) is 60.4 Å². The minimum absolute atomic E-state index is 0.324. The third-order valence-corrected chi connectivity index (χ3v) is 3.24. The number of halogens is 3. The lowest BCUT2D eigenvalue weighted by atomic mass is 10.2. The van der Waals surface area contributed by atoms with Crippen LogP contribution in [0.4, 0.5) is 18.9 Å². The molecule has 0 spiro atoms. The van der Waals surface area contributed by atoms with Gasteiger partial charge in [-0.2, -0.15) is 5.10 Å². The number of anilines is 1. The highest BCUT2D eigenvalue weighted by molar-refractivity contribution is 5.56. The first-order chi connectivity index (χ1) is 11.8. The van der Waals surface area contributed by atoms with Gasteiger partial charge in [-0.15, -0.1) is 13.2 Å². The van der Waals surface area contributed by atoms with Crippen LogP contribution in [0.2, 0.25) is 0 Å². The second kappa shape index (κ2) is 6.39. The molecule has 1 aromatic heterocycles. The molecule has 0 radical (unpaired) electrons. The van der Waals surface area contributed by atoms with Gasteiger partial charge in [0.1, 0.15) is 17.2 Å². The molecular weight excluding hydrogens is 335 g/mol. The Morgan fingerprint density at radius 2 is 1.68 bits per heavy atom. The van der Waals surface area contributed by atoms with E-state index in [0.29, 0.717) is 22.9 Å². The first-order valence-corrected chi connectivity index (χ1v) is 7.26. The summed E-state index contributed by atoms with van der Waals surface area (Å²) in [5, 5.41) is 4.32. The molecule has 0 unspecified atom stereocenters. The number of rotatable bonds is 4. The summed E-state index contributed by atoms with van der Waals surface area (Å²) in [6, 6.07) is 12.0. The summed E-state index contributed by atoms with van der Waals surface area (Å²) in [5.41, 5.74) is 7.77. The zero-order valence-corrected chi connectivity index (χ0v) is 13.1. The molecule has 0 fully saturated rings. The van der Waals surface area contributed by atoms with E-state index in [1.165, 1.54) is 24.3 Å². The van der Waals surface area contributed by atoms with Crippen molar-refractivity contribution in [3.63, 3.8) is 0 Å². The fourth-order valence-electron chi connectivity index (χ4n) is 2.19. The Bertz CT molecular complexity index is 874. The number of ether oxygens (including phenoxy) is 2. The third kappa shape index (κ3) is 4.23. The number of nitrogens with zero attached hydrogens (tertiary/aromatic N) is 2. The van der Waals surface area contributed by atoms with E-state index in [-0.39, 0.29) is 5.75 Å². The van der Waals surface area contributed by atoms with Gasteiger partial charge in [0.05, 0.1) is 5.69 Å². The number of aromatic nitrogens is 2. The predicted molar refractivity (Wildman–Crippen MR) is 85.9 cm³/mol. The fourth-order valence-corrected chi connectivity index (χ4v) is 2.19. The van der Waals surface area contributed by atoms with Crippen molar-refractivity contribution in [2.75, 3.05) is 5.73 Å². The minimum atomic E-state index is -4.73. The van der Waals surface area contributed by atoms with E-state index in [1.54, 1.807) is 29.1 Å². The molecule has 0 atom stereocenters. The molecule has 0 aliphatic heterocycles. The zero-order chi connectivity index (χ0) is 18.0. The van der Waals surface area contributed by atoms with Gasteiger partial charge in [0.15, 0.2) is 5.75 Å². The highest BCUT2D eigenvalue weighted by Crippen LogP contribution is 2.32. The minimum Gasteiger partial charge on any atom is -0.455 e. The van der Waals surface area contributed by atoms with Gasteiger partial charge >= 0.3 is 6.36 Å². The zero-order valence-electron chi connectivity index (χ0n) is 13.1. The molecule has 2 aromatic carbocycles. The van der Waals surface area contributed by atoms with E-state index in [2.05, 4.69) is 9.84 Å². The van der Waals surface area contributed by atoms with E-state index in [0.717, 1.165) is 5.69 Å². The van der Waals surface area contributed by atoms with Gasteiger partial charge in [0.25, 0.3) is 0 Å². The second-order valence-electron chi connectivity index (χ2n) is 5.25. The second-order valence-corrected chi connectivity index (χ2v) is 5.25. The number of hydrogen-bond acceptors (Lipinski definition) is 4. The standard InChI is InChI=1S/C17H14F3N3O2/c1-11-8-9-23(22-11)15-7-2-12(21)10-16(15)24-13-3-5-14(6-4-13)25-17(18,19)20/h2-10H,21H2,1H3. The van der Waals surface area contributed by atoms with Crippen molar-refractivity contribution in [2.24, 2.45) is 0 Å². The van der Waals surface area contributed by atoms with Crippen LogP contribution in [0.5, 0.6) is 17.2 Å². The maximum Gasteiger partial charge on any atom is 0.573 e. The van der Waals surface area contributed by atoms with Gasteiger partial charge in [-0.3, -0.25) is 0 Å². The molecule has 8 heteroatoms. The van der Waals surface area contributed by atoms with E-state index >= 15 is 0 Å². The fraction of sp³-hybridized carbons (Fsp3) is 0.118. The molecule has 3 rings (SSSR count). The van der Waals surface area contributed by atoms with E-state index in [9.17, 15) is 13.2 Å². The van der Waals surface area contributed by atoms with Crippen LogP contribution in [0.3, 0.4) is 0 Å². The Morgan fingerprint density at radius 3 is 2.28 bits per heavy atom. The quantitative estimate of drug-likeness (QED) is 0.707. The SMILES string of the molecule is Cc1ccn(-c2ccc(N)cc2Oc2ccc(OC(F)(F)F)cc2)n1. The van der Waals surface area contributed by atoms with Crippen LogP contribution >= 0.6 is 0 Å². The lowest BCUT2D eigenvalue weighted by Gasteiger charge is -2.13. The van der Waals surface area contributed by atoms with Crippen molar-refractivity contribution in [3.8, 4) is 22.9 Å². The normalized spacial score (nSPS) is 11.4. The maximum atomic E-state index is 12.2. The smallest absolute Gasteiger partial charge is 0.455 e. The Morgan fingerprint density at radius 1 is 1.00 bits per heavy atom. The summed E-state index contributed by atoms with van der Waals surface area (Å²) < 4.78 is 47.8. The van der Waals surface area contributed by atoms with Crippen LogP contribution in [-0.2, 0) is 0 Å². The molecule has 0 aliphatic rings. The van der Waals surface area contributed by atoms with Crippen molar-refractivity contribution in [1.29, 1.82) is 0 Å². The highest BCUT2D eigenvalue weighted by atomic mass is 19.4. The van der Waals surface area contributed by atoms with E-state index in [4.69, 9.17) is 10.5 Å². The lowest BCUT2D eigenvalue weighted by Crippen LogP contribution is -2.16. The van der Waals surface area contributed by atoms with Gasteiger partial charge in [-0.05, 0) is 49.4 Å². The molecule has 0 amide bonds. The van der Waals surface area contributed by atoms with Crippen LogP contribution in [0.25, 0.3) is 5.69 Å². The Labute approximate surface area is 141 Å². The number of nitrogen functional groups attached to an aromatic ring is 1. The lowest BCUT2D eigenvalue weighted by molar-refractivity contribution is -0.274. The molecule has 0 bridgehead atoms. The Balaban J connectivity index is 1.86. The van der Waals surface area contributed by atoms with Crippen molar-refractivity contribution < 1.29 is 22.6 Å². The third-order valence-electron chi connectivity index (χ3n) is 3.24. The first-order valence-electron chi connectivity index (χ1n) is 7.26. The molecule has 130 valence electrons. The first kappa shape index (κ1) is 16.7. The molecule has 3 aromatic rings.